The highest BCUT2D eigenvalue weighted by molar-refractivity contribution is 5.86. The number of benzene rings is 3. The smallest absolute Gasteiger partial charge is 0.333 e. The van der Waals surface area contributed by atoms with Crippen molar-refractivity contribution in [3.63, 3.8) is 0 Å². The van der Waals surface area contributed by atoms with E-state index in [0.717, 1.165) is 70.5 Å². The summed E-state index contributed by atoms with van der Waals surface area (Å²) in [5, 5.41) is 20.6. The average Bonchev–Trinajstić information content (AvgIpc) is 3.26. The van der Waals surface area contributed by atoms with Crippen LogP contribution in [0.4, 0.5) is 4.39 Å². The second-order valence-corrected chi connectivity index (χ2v) is 19.0. The first kappa shape index (κ1) is 50.6. The number of halogens is 1. The summed E-state index contributed by atoms with van der Waals surface area (Å²) in [5.41, 5.74) is 6.63. The molecule has 1 aliphatic rings. The second-order valence-electron chi connectivity index (χ2n) is 19.0. The number of carbonyl (C=O) groups excluding carboxylic acids is 2. The third-order valence-electron chi connectivity index (χ3n) is 12.8. The van der Waals surface area contributed by atoms with E-state index in [1.807, 2.05) is 39.8 Å². The van der Waals surface area contributed by atoms with E-state index < -0.39 is 16.8 Å². The molecular weight excluding hydrogens is 780 g/mol. The first-order chi connectivity index (χ1) is 29.7. The van der Waals surface area contributed by atoms with Gasteiger partial charge in [0.1, 0.15) is 11.6 Å². The minimum atomic E-state index is -0.655. The van der Waals surface area contributed by atoms with Gasteiger partial charge in [0.15, 0.2) is 0 Å². The zero-order valence-electron chi connectivity index (χ0n) is 39.1. The summed E-state index contributed by atoms with van der Waals surface area (Å²) in [6.07, 6.45) is 14.8. The highest BCUT2D eigenvalue weighted by Crippen LogP contribution is 2.41. The molecule has 0 radical (unpaired) electrons. The normalized spacial score (nSPS) is 15.6. The lowest BCUT2D eigenvalue weighted by Gasteiger charge is -2.30. The number of esters is 2. The van der Waals surface area contributed by atoms with Gasteiger partial charge in [0.05, 0.1) is 38.4 Å². The highest BCUT2D eigenvalue weighted by atomic mass is 19.1. The van der Waals surface area contributed by atoms with Crippen LogP contribution >= 0.6 is 0 Å². The molecule has 0 saturated heterocycles. The van der Waals surface area contributed by atoms with E-state index in [1.54, 1.807) is 13.0 Å². The van der Waals surface area contributed by atoms with Crippen LogP contribution in [0.15, 0.2) is 60.7 Å². The predicted octanol–water partition coefficient (Wildman–Crippen LogP) is 12.7. The van der Waals surface area contributed by atoms with Crippen molar-refractivity contribution in [1.82, 2.24) is 0 Å². The zero-order chi connectivity index (χ0) is 45.3. The third kappa shape index (κ3) is 14.5. The molecule has 0 unspecified atom stereocenters. The maximum Gasteiger partial charge on any atom is 0.333 e. The van der Waals surface area contributed by atoms with Crippen molar-refractivity contribution in [3.05, 3.63) is 88.8 Å². The second kappa shape index (κ2) is 24.7. The minimum Gasteiger partial charge on any atom is -0.493 e. The SMILES string of the molecule is C=C(C)C(=O)OCCCc1cc(-c2ccc(-c3ccc(C4CCC(CCCCC)CC4)cc3F)cc2CC)cc(CCCOC(=O)C(C)(C)C)c1OCCC(CO)(CO)CCC. The van der Waals surface area contributed by atoms with E-state index in [2.05, 4.69) is 50.8 Å². The van der Waals surface area contributed by atoms with Gasteiger partial charge in [-0.05, 0) is 167 Å². The van der Waals surface area contributed by atoms with Gasteiger partial charge in [-0.1, -0.05) is 89.8 Å². The summed E-state index contributed by atoms with van der Waals surface area (Å²) < 4.78 is 33.8. The van der Waals surface area contributed by atoms with Crippen LogP contribution in [0.2, 0.25) is 0 Å². The topological polar surface area (TPSA) is 102 Å². The molecule has 2 N–H and O–H groups in total. The van der Waals surface area contributed by atoms with Crippen LogP contribution in [0.3, 0.4) is 0 Å². The molecule has 3 aromatic rings. The van der Waals surface area contributed by atoms with Crippen LogP contribution in [0.25, 0.3) is 22.3 Å². The number of carbonyl (C=O) groups is 2. The molecule has 1 fully saturated rings. The van der Waals surface area contributed by atoms with Gasteiger partial charge < -0.3 is 24.4 Å². The maximum absolute atomic E-state index is 16.0. The molecule has 0 atom stereocenters. The molecule has 8 heteroatoms. The average molecular weight is 857 g/mol. The number of hydrogen-bond donors (Lipinski definition) is 2. The fraction of sp³-hybridized carbons (Fsp3) is 0.593. The van der Waals surface area contributed by atoms with Crippen LogP contribution < -0.4 is 4.74 Å². The Bertz CT molecular complexity index is 1900. The van der Waals surface area contributed by atoms with Crippen molar-refractivity contribution in [3.8, 4) is 28.0 Å². The Labute approximate surface area is 372 Å². The van der Waals surface area contributed by atoms with Gasteiger partial charge in [0.2, 0.25) is 0 Å². The van der Waals surface area contributed by atoms with Gasteiger partial charge in [-0.2, -0.15) is 0 Å². The monoisotopic (exact) mass is 857 g/mol. The Morgan fingerprint density at radius 3 is 1.94 bits per heavy atom. The summed E-state index contributed by atoms with van der Waals surface area (Å²) in [5.74, 6) is 1.07. The van der Waals surface area contributed by atoms with Crippen molar-refractivity contribution >= 4 is 11.9 Å². The Morgan fingerprint density at radius 1 is 0.742 bits per heavy atom. The van der Waals surface area contributed by atoms with E-state index in [1.165, 1.54) is 38.5 Å². The zero-order valence-corrected chi connectivity index (χ0v) is 39.1. The summed E-state index contributed by atoms with van der Waals surface area (Å²) in [7, 11) is 0. The molecule has 0 amide bonds. The van der Waals surface area contributed by atoms with Crippen LogP contribution in [-0.2, 0) is 38.3 Å². The molecule has 0 spiro atoms. The van der Waals surface area contributed by atoms with Crippen molar-refractivity contribution < 1.29 is 38.4 Å². The largest absolute Gasteiger partial charge is 0.493 e. The lowest BCUT2D eigenvalue weighted by Crippen LogP contribution is -2.31. The van der Waals surface area contributed by atoms with Gasteiger partial charge in [0, 0.05) is 16.6 Å². The lowest BCUT2D eigenvalue weighted by atomic mass is 9.77. The van der Waals surface area contributed by atoms with Crippen molar-refractivity contribution in [2.45, 2.75) is 157 Å². The molecule has 0 heterocycles. The molecule has 342 valence electrons. The van der Waals surface area contributed by atoms with Gasteiger partial charge in [-0.3, -0.25) is 4.79 Å². The molecule has 7 nitrogen and oxygen atoms in total. The Morgan fingerprint density at radius 2 is 1.37 bits per heavy atom. The molecule has 1 saturated carbocycles. The van der Waals surface area contributed by atoms with Gasteiger partial charge in [-0.15, -0.1) is 0 Å². The van der Waals surface area contributed by atoms with E-state index in [9.17, 15) is 19.8 Å². The van der Waals surface area contributed by atoms with Gasteiger partial charge in [0.25, 0.3) is 0 Å². The molecule has 0 aliphatic heterocycles. The van der Waals surface area contributed by atoms with Crippen LogP contribution in [0.5, 0.6) is 5.75 Å². The van der Waals surface area contributed by atoms with Crippen LogP contribution in [-0.4, -0.2) is 55.2 Å². The quantitative estimate of drug-likeness (QED) is 0.0497. The number of hydrogen-bond acceptors (Lipinski definition) is 7. The minimum absolute atomic E-state index is 0.142. The Kier molecular flexibility index (Phi) is 20.2. The van der Waals surface area contributed by atoms with Gasteiger partial charge >= 0.3 is 11.9 Å². The highest BCUT2D eigenvalue weighted by Gasteiger charge is 2.29. The Balaban J connectivity index is 1.68. The van der Waals surface area contributed by atoms with E-state index in [0.29, 0.717) is 61.3 Å². The van der Waals surface area contributed by atoms with Crippen molar-refractivity contribution in [1.29, 1.82) is 0 Å². The van der Waals surface area contributed by atoms with Gasteiger partial charge in [-0.25, -0.2) is 9.18 Å². The first-order valence-corrected chi connectivity index (χ1v) is 23.6. The van der Waals surface area contributed by atoms with E-state index >= 15 is 4.39 Å². The molecule has 1 aliphatic carbocycles. The molecule has 4 rings (SSSR count). The number of unbranched alkanes of at least 4 members (excludes halogenated alkanes) is 2. The third-order valence-corrected chi connectivity index (χ3v) is 12.8. The van der Waals surface area contributed by atoms with Crippen molar-refractivity contribution in [2.24, 2.45) is 16.7 Å². The molecule has 3 aromatic carbocycles. The van der Waals surface area contributed by atoms with Crippen LogP contribution in [0, 0.1) is 22.6 Å². The molecule has 62 heavy (non-hydrogen) atoms. The summed E-state index contributed by atoms with van der Waals surface area (Å²) in [6.45, 7) is 17.7. The molecular formula is C54H77FO7. The number of rotatable bonds is 25. The van der Waals surface area contributed by atoms with Crippen LogP contribution in [0.1, 0.15) is 160 Å². The summed E-state index contributed by atoms with van der Waals surface area (Å²) in [6, 6.07) is 16.4. The van der Waals surface area contributed by atoms with E-state index in [-0.39, 0.29) is 44.8 Å². The van der Waals surface area contributed by atoms with Crippen molar-refractivity contribution in [2.75, 3.05) is 33.0 Å². The number of aliphatic hydroxyl groups is 2. The fourth-order valence-electron chi connectivity index (χ4n) is 8.87. The fourth-order valence-corrected chi connectivity index (χ4v) is 8.87. The standard InChI is InChI=1S/C54H77FO7/c1-9-12-13-16-39-19-21-41(22-20-39)42-23-26-48(49(55)35-42)43-24-25-47(40(11-3)32-43)46-33-44(17-14-29-61-51(58)38(4)5)50(60-31-28-54(36-56,37-57)27-10-2)45(34-46)18-15-30-62-52(59)53(6,7)8/h23-26,32-35,39,41,56-57H,4,9-22,27-31,36-37H2,1-3,5-8H3. The number of aryl methyl sites for hydroxylation is 3. The number of ether oxygens (including phenoxy) is 3. The summed E-state index contributed by atoms with van der Waals surface area (Å²) >= 11 is 0. The first-order valence-electron chi connectivity index (χ1n) is 23.6. The summed E-state index contributed by atoms with van der Waals surface area (Å²) in [4.78, 5) is 24.9. The Hall–Kier alpha value is -4.01. The maximum atomic E-state index is 16.0. The number of aliphatic hydroxyl groups excluding tert-OH is 2. The lowest BCUT2D eigenvalue weighted by molar-refractivity contribution is -0.153. The van der Waals surface area contributed by atoms with E-state index in [4.69, 9.17) is 14.2 Å². The molecule has 0 bridgehead atoms. The molecule has 0 aromatic heterocycles. The predicted molar refractivity (Wildman–Crippen MR) is 250 cm³/mol.